The van der Waals surface area contributed by atoms with Gasteiger partial charge in [-0.3, -0.25) is 9.78 Å². The number of nitrogens with zero attached hydrogens (tertiary/aromatic N) is 2. The van der Waals surface area contributed by atoms with E-state index in [1.807, 2.05) is 19.1 Å². The highest BCUT2D eigenvalue weighted by Crippen LogP contribution is 2.21. The topological polar surface area (TPSA) is 33.2 Å². The highest BCUT2D eigenvalue weighted by Gasteiger charge is 2.22. The van der Waals surface area contributed by atoms with Crippen molar-refractivity contribution in [2.24, 2.45) is 0 Å². The molecular weight excluding hydrogens is 279 g/mol. The fourth-order valence-corrected chi connectivity index (χ4v) is 2.01. The number of aromatic nitrogens is 1. The molecule has 1 heterocycles. The Hall–Kier alpha value is -1.94. The second-order valence-electron chi connectivity index (χ2n) is 4.47. The van der Waals surface area contributed by atoms with Gasteiger partial charge in [0, 0.05) is 18.3 Å². The Balaban J connectivity index is 2.24. The Morgan fingerprint density at radius 2 is 2.10 bits per heavy atom. The first-order chi connectivity index (χ1) is 9.50. The first-order valence-electron chi connectivity index (χ1n) is 6.14. The van der Waals surface area contributed by atoms with Crippen LogP contribution in [-0.4, -0.2) is 22.8 Å². The molecule has 0 radical (unpaired) electrons. The predicted molar refractivity (Wildman–Crippen MR) is 76.2 cm³/mol. The standard InChI is InChI=1S/C15H14ClFN2O/c1-10(14-5-3-4-8-18-14)19(2)15(20)12-7-6-11(16)9-13(12)17/h3-10H,1-2H3. The molecule has 0 spiro atoms. The van der Waals surface area contributed by atoms with Gasteiger partial charge in [0.1, 0.15) is 5.82 Å². The molecule has 0 aliphatic carbocycles. The highest BCUT2D eigenvalue weighted by atomic mass is 35.5. The third-order valence-electron chi connectivity index (χ3n) is 3.18. The zero-order valence-electron chi connectivity index (χ0n) is 11.2. The average Bonchev–Trinajstić information content (AvgIpc) is 2.46. The van der Waals surface area contributed by atoms with Crippen molar-refractivity contribution in [3.8, 4) is 0 Å². The minimum absolute atomic E-state index is 0.000295. The molecule has 0 bridgehead atoms. The van der Waals surface area contributed by atoms with Crippen LogP contribution in [-0.2, 0) is 0 Å². The van der Waals surface area contributed by atoms with E-state index in [9.17, 15) is 9.18 Å². The minimum atomic E-state index is -0.623. The van der Waals surface area contributed by atoms with E-state index in [0.717, 1.165) is 11.8 Å². The number of hydrogen-bond donors (Lipinski definition) is 0. The lowest BCUT2D eigenvalue weighted by atomic mass is 10.1. The van der Waals surface area contributed by atoms with Crippen LogP contribution in [0.25, 0.3) is 0 Å². The van der Waals surface area contributed by atoms with E-state index in [1.54, 1.807) is 19.3 Å². The van der Waals surface area contributed by atoms with Gasteiger partial charge >= 0.3 is 0 Å². The molecule has 2 aromatic rings. The first-order valence-corrected chi connectivity index (χ1v) is 6.51. The smallest absolute Gasteiger partial charge is 0.257 e. The van der Waals surface area contributed by atoms with Crippen molar-refractivity contribution in [2.75, 3.05) is 7.05 Å². The van der Waals surface area contributed by atoms with Crippen molar-refractivity contribution in [2.45, 2.75) is 13.0 Å². The molecule has 0 fully saturated rings. The number of benzene rings is 1. The van der Waals surface area contributed by atoms with E-state index in [2.05, 4.69) is 4.98 Å². The maximum absolute atomic E-state index is 13.8. The molecule has 0 aliphatic rings. The lowest BCUT2D eigenvalue weighted by Crippen LogP contribution is -2.30. The van der Waals surface area contributed by atoms with Crippen molar-refractivity contribution in [3.05, 3.63) is 64.7 Å². The maximum Gasteiger partial charge on any atom is 0.257 e. The summed E-state index contributed by atoms with van der Waals surface area (Å²) in [6, 6.07) is 9.25. The monoisotopic (exact) mass is 292 g/mol. The third kappa shape index (κ3) is 2.96. The van der Waals surface area contributed by atoms with E-state index in [4.69, 9.17) is 11.6 Å². The second kappa shape index (κ2) is 6.01. The molecular formula is C15H14ClFN2O. The fourth-order valence-electron chi connectivity index (χ4n) is 1.85. The summed E-state index contributed by atoms with van der Waals surface area (Å²) >= 11 is 5.68. The van der Waals surface area contributed by atoms with Crippen LogP contribution in [0.3, 0.4) is 0 Å². The van der Waals surface area contributed by atoms with Gasteiger partial charge in [-0.1, -0.05) is 17.7 Å². The van der Waals surface area contributed by atoms with Crippen molar-refractivity contribution in [3.63, 3.8) is 0 Å². The molecule has 1 unspecified atom stereocenters. The Bertz CT molecular complexity index is 619. The molecule has 0 saturated carbocycles. The van der Waals surface area contributed by atoms with Gasteiger partial charge in [-0.15, -0.1) is 0 Å². The Kier molecular flexibility index (Phi) is 4.35. The van der Waals surface area contributed by atoms with Crippen LogP contribution in [0.15, 0.2) is 42.6 Å². The van der Waals surface area contributed by atoms with Gasteiger partial charge in [0.05, 0.1) is 17.3 Å². The Morgan fingerprint density at radius 3 is 2.70 bits per heavy atom. The van der Waals surface area contributed by atoms with Crippen LogP contribution in [0, 0.1) is 5.82 Å². The molecule has 3 nitrogen and oxygen atoms in total. The lowest BCUT2D eigenvalue weighted by molar-refractivity contribution is 0.0735. The molecule has 0 N–H and O–H groups in total. The van der Waals surface area contributed by atoms with Crippen LogP contribution in [0.1, 0.15) is 29.0 Å². The number of carbonyl (C=O) groups is 1. The Labute approximate surface area is 122 Å². The first kappa shape index (κ1) is 14.5. The molecule has 1 aromatic carbocycles. The van der Waals surface area contributed by atoms with Gasteiger partial charge in [0.15, 0.2) is 0 Å². The molecule has 0 aliphatic heterocycles. The average molecular weight is 293 g/mol. The summed E-state index contributed by atoms with van der Waals surface area (Å²) < 4.78 is 13.8. The number of carbonyl (C=O) groups excluding carboxylic acids is 1. The molecule has 104 valence electrons. The van der Waals surface area contributed by atoms with E-state index >= 15 is 0 Å². The molecule has 20 heavy (non-hydrogen) atoms. The molecule has 0 saturated heterocycles. The summed E-state index contributed by atoms with van der Waals surface area (Å²) in [5.74, 6) is -1.03. The summed E-state index contributed by atoms with van der Waals surface area (Å²) in [7, 11) is 1.62. The van der Waals surface area contributed by atoms with Gasteiger partial charge in [0.2, 0.25) is 0 Å². The van der Waals surface area contributed by atoms with Crippen molar-refractivity contribution in [1.29, 1.82) is 0 Å². The summed E-state index contributed by atoms with van der Waals surface area (Å²) in [6.07, 6.45) is 1.66. The quantitative estimate of drug-likeness (QED) is 0.864. The minimum Gasteiger partial charge on any atom is -0.333 e. The Morgan fingerprint density at radius 1 is 1.35 bits per heavy atom. The van der Waals surface area contributed by atoms with Gasteiger partial charge in [-0.2, -0.15) is 0 Å². The second-order valence-corrected chi connectivity index (χ2v) is 4.91. The van der Waals surface area contributed by atoms with Gasteiger partial charge in [-0.05, 0) is 37.3 Å². The normalized spacial score (nSPS) is 12.0. The molecule has 2 rings (SSSR count). The largest absolute Gasteiger partial charge is 0.333 e. The van der Waals surface area contributed by atoms with Crippen molar-refractivity contribution in [1.82, 2.24) is 9.88 Å². The van der Waals surface area contributed by atoms with Gasteiger partial charge in [0.25, 0.3) is 5.91 Å². The van der Waals surface area contributed by atoms with Crippen LogP contribution in [0.4, 0.5) is 4.39 Å². The summed E-state index contributed by atoms with van der Waals surface area (Å²) in [5, 5.41) is 0.263. The van der Waals surface area contributed by atoms with E-state index in [-0.39, 0.29) is 16.6 Å². The van der Waals surface area contributed by atoms with Crippen LogP contribution in [0.2, 0.25) is 5.02 Å². The zero-order valence-corrected chi connectivity index (χ0v) is 11.9. The molecule has 1 atom stereocenters. The number of hydrogen-bond acceptors (Lipinski definition) is 2. The number of rotatable bonds is 3. The molecule has 1 aromatic heterocycles. The van der Waals surface area contributed by atoms with Crippen molar-refractivity contribution < 1.29 is 9.18 Å². The summed E-state index contributed by atoms with van der Waals surface area (Å²) in [5.41, 5.74) is 0.748. The van der Waals surface area contributed by atoms with Crippen LogP contribution in [0.5, 0.6) is 0 Å². The fraction of sp³-hybridized carbons (Fsp3) is 0.200. The van der Waals surface area contributed by atoms with E-state index in [0.29, 0.717) is 0 Å². The van der Waals surface area contributed by atoms with E-state index < -0.39 is 11.7 Å². The molecule has 1 amide bonds. The molecule has 5 heteroatoms. The van der Waals surface area contributed by atoms with E-state index in [1.165, 1.54) is 17.0 Å². The van der Waals surface area contributed by atoms with Gasteiger partial charge < -0.3 is 4.90 Å². The highest BCUT2D eigenvalue weighted by molar-refractivity contribution is 6.30. The lowest BCUT2D eigenvalue weighted by Gasteiger charge is -2.24. The van der Waals surface area contributed by atoms with Crippen LogP contribution >= 0.6 is 11.6 Å². The van der Waals surface area contributed by atoms with Crippen LogP contribution < -0.4 is 0 Å². The predicted octanol–water partition coefficient (Wildman–Crippen LogP) is 3.71. The zero-order chi connectivity index (χ0) is 14.7. The maximum atomic E-state index is 13.8. The van der Waals surface area contributed by atoms with Crippen molar-refractivity contribution >= 4 is 17.5 Å². The summed E-state index contributed by atoms with van der Waals surface area (Å²) in [6.45, 7) is 1.84. The number of halogens is 2. The summed E-state index contributed by atoms with van der Waals surface area (Å²) in [4.78, 5) is 18.0. The number of amides is 1. The SMILES string of the molecule is CC(c1ccccn1)N(C)C(=O)c1ccc(Cl)cc1F. The number of pyridine rings is 1. The third-order valence-corrected chi connectivity index (χ3v) is 3.41. The van der Waals surface area contributed by atoms with Gasteiger partial charge in [-0.25, -0.2) is 4.39 Å².